The van der Waals surface area contributed by atoms with E-state index in [2.05, 4.69) is 29.8 Å². The van der Waals surface area contributed by atoms with Gasteiger partial charge in [-0.05, 0) is 34.0 Å². The predicted octanol–water partition coefficient (Wildman–Crippen LogP) is 2.29. The highest BCUT2D eigenvalue weighted by Crippen LogP contribution is 1.61. The Bertz CT molecular complexity index is 181. The van der Waals surface area contributed by atoms with Gasteiger partial charge >= 0.3 is 0 Å². The Morgan fingerprint density at radius 3 is 1.40 bits per heavy atom. The van der Waals surface area contributed by atoms with Gasteiger partial charge in [0.05, 0.1) is 6.61 Å². The molecule has 0 heterocycles. The molecule has 0 aliphatic rings. The number of aldehydes is 2. The van der Waals surface area contributed by atoms with Crippen molar-refractivity contribution in [2.45, 2.75) is 55.9 Å². The van der Waals surface area contributed by atoms with Crippen LogP contribution >= 0.6 is 0 Å². The average molecular weight is 370 g/mol. The third-order valence-electron chi connectivity index (χ3n) is 1.44. The molecule has 0 atom stereocenters. The predicted molar refractivity (Wildman–Crippen MR) is 111 cm³/mol. The Balaban J connectivity index is -0.0000000325. The molecule has 3 N–H and O–H groups in total. The van der Waals surface area contributed by atoms with Gasteiger partial charge in [0, 0.05) is 27.6 Å². The first-order valence-electron chi connectivity index (χ1n) is 8.25. The molecule has 0 aromatic carbocycles. The summed E-state index contributed by atoms with van der Waals surface area (Å²) in [6.07, 6.45) is 1.50. The molecule has 0 aromatic rings. The number of rotatable bonds is 5. The zero-order valence-corrected chi connectivity index (χ0v) is 17.6. The lowest BCUT2D eigenvalue weighted by atomic mass is 10.6. The fraction of sp³-hybridized carbons (Fsp3) is 0.833. The van der Waals surface area contributed by atoms with E-state index < -0.39 is 0 Å². The van der Waals surface area contributed by atoms with Gasteiger partial charge < -0.3 is 30.3 Å². The molecule has 7 heteroatoms. The Morgan fingerprint density at radius 2 is 1.28 bits per heavy atom. The summed E-state index contributed by atoms with van der Waals surface area (Å²) in [5, 5.41) is 8.44. The largest absolute Gasteiger partial charge is 0.383 e. The van der Waals surface area contributed by atoms with E-state index in [9.17, 15) is 4.79 Å². The maximum atomic E-state index is 9.70. The lowest BCUT2D eigenvalue weighted by Crippen LogP contribution is -2.17. The van der Waals surface area contributed by atoms with E-state index in [-0.39, 0.29) is 13.3 Å². The topological polar surface area (TPSA) is 96.5 Å². The fourth-order valence-electron chi connectivity index (χ4n) is 0.351. The summed E-state index contributed by atoms with van der Waals surface area (Å²) in [6, 6.07) is 0. The second-order valence-electron chi connectivity index (χ2n) is 3.33. The van der Waals surface area contributed by atoms with Crippen molar-refractivity contribution >= 4 is 18.5 Å². The summed E-state index contributed by atoms with van der Waals surface area (Å²) in [6.45, 7) is 16.4. The molecule has 0 saturated heterocycles. The first-order chi connectivity index (χ1) is 11.4. The lowest BCUT2D eigenvalue weighted by molar-refractivity contribution is -0.118. The van der Waals surface area contributed by atoms with E-state index in [4.69, 9.17) is 14.3 Å². The van der Waals surface area contributed by atoms with Crippen LogP contribution in [0.25, 0.3) is 0 Å². The molecule has 0 aliphatic heterocycles. The number of methoxy groups -OCH3 is 1. The van der Waals surface area contributed by atoms with E-state index in [1.165, 1.54) is 20.8 Å². The number of hydrogen-bond acceptors (Lipinski definition) is 6. The summed E-state index contributed by atoms with van der Waals surface area (Å²) >= 11 is 0. The van der Waals surface area contributed by atoms with Gasteiger partial charge in [-0.3, -0.25) is 4.79 Å². The molecule has 25 heavy (non-hydrogen) atoms. The molecule has 0 aliphatic carbocycles. The van der Waals surface area contributed by atoms with Gasteiger partial charge in [-0.25, -0.2) is 0 Å². The van der Waals surface area contributed by atoms with Crippen LogP contribution in [0.4, 0.5) is 0 Å². The Hall–Kier alpha value is -1.31. The fourth-order valence-corrected chi connectivity index (χ4v) is 0.351. The molecule has 0 spiro atoms. The highest BCUT2D eigenvalue weighted by Gasteiger charge is 1.76. The second-order valence-corrected chi connectivity index (χ2v) is 3.33. The van der Waals surface area contributed by atoms with Gasteiger partial charge in [0.25, 0.3) is 0 Å². The van der Waals surface area contributed by atoms with Gasteiger partial charge in [-0.15, -0.1) is 0 Å². The van der Waals surface area contributed by atoms with Crippen molar-refractivity contribution in [3.8, 4) is 0 Å². The maximum absolute atomic E-state index is 9.70. The van der Waals surface area contributed by atoms with Crippen molar-refractivity contribution in [1.29, 1.82) is 0 Å². The Morgan fingerprint density at radius 1 is 1.00 bits per heavy atom. The molecule has 0 fully saturated rings. The van der Waals surface area contributed by atoms with Crippen molar-refractivity contribution in [2.75, 3.05) is 47.4 Å². The summed E-state index contributed by atoms with van der Waals surface area (Å²) < 4.78 is 4.78. The van der Waals surface area contributed by atoms with Gasteiger partial charge in [-0.1, -0.05) is 35.1 Å². The van der Waals surface area contributed by atoms with Crippen molar-refractivity contribution in [2.24, 2.45) is 0 Å². The first-order valence-corrected chi connectivity index (χ1v) is 8.25. The van der Waals surface area contributed by atoms with Gasteiger partial charge in [0.1, 0.15) is 12.6 Å². The van der Waals surface area contributed by atoms with E-state index in [0.717, 1.165) is 38.8 Å². The number of likely N-dealkylation sites (N-methyl/N-ethyl adjacent to an activating group) is 1. The minimum absolute atomic E-state index is 0. The SMILES string of the molecule is C.CC.CC=O.CC=O.CCNC.CCNCCOC.CNC(C)=O. The van der Waals surface area contributed by atoms with Crippen LogP contribution in [0.3, 0.4) is 0 Å². The quantitative estimate of drug-likeness (QED) is 0.508. The number of amides is 1. The summed E-state index contributed by atoms with van der Waals surface area (Å²) in [5.74, 6) is 0.00463. The van der Waals surface area contributed by atoms with E-state index >= 15 is 0 Å². The first kappa shape index (κ1) is 43.8. The van der Waals surface area contributed by atoms with Crippen LogP contribution in [0.5, 0.6) is 0 Å². The number of carbonyl (C=O) groups excluding carboxylic acids is 3. The standard InChI is InChI=1S/C5H13NO.C3H7NO.C3H9N.2C2H4O.C2H6.CH4/c1-3-6-4-5-7-2;1-3(5)4-2;1-3-4-2;2*1-2-3;1-2;/h6H,3-5H2,1-2H3;1-2H3,(H,4,5);4H,3H2,1-2H3;2*2H,1H3;1-2H3;1H4. The minimum Gasteiger partial charge on any atom is -0.383 e. The van der Waals surface area contributed by atoms with Crippen LogP contribution in [-0.4, -0.2) is 65.9 Å². The lowest BCUT2D eigenvalue weighted by Gasteiger charge is -1.96. The van der Waals surface area contributed by atoms with Crippen LogP contribution in [0, 0.1) is 0 Å². The monoisotopic (exact) mass is 369 g/mol. The number of hydrogen-bond donors (Lipinski definition) is 3. The van der Waals surface area contributed by atoms with Crippen molar-refractivity contribution in [3.63, 3.8) is 0 Å². The maximum Gasteiger partial charge on any atom is 0.216 e. The molecule has 7 nitrogen and oxygen atoms in total. The van der Waals surface area contributed by atoms with Crippen LogP contribution in [-0.2, 0) is 19.1 Å². The van der Waals surface area contributed by atoms with Crippen LogP contribution in [0.2, 0.25) is 0 Å². The highest BCUT2D eigenvalue weighted by atomic mass is 16.5. The second kappa shape index (κ2) is 78.1. The summed E-state index contributed by atoms with van der Waals surface area (Å²) in [5.41, 5.74) is 0. The molecule has 0 rings (SSSR count). The molecule has 1 amide bonds. The van der Waals surface area contributed by atoms with Gasteiger partial charge in [0.2, 0.25) is 5.91 Å². The van der Waals surface area contributed by atoms with Crippen molar-refractivity contribution in [3.05, 3.63) is 0 Å². The smallest absolute Gasteiger partial charge is 0.216 e. The zero-order valence-electron chi connectivity index (χ0n) is 17.6. The summed E-state index contributed by atoms with van der Waals surface area (Å²) in [7, 11) is 5.24. The normalized spacial score (nSPS) is 6.48. The molecule has 0 radical (unpaired) electrons. The minimum atomic E-state index is 0. The van der Waals surface area contributed by atoms with Crippen LogP contribution in [0.1, 0.15) is 55.9 Å². The molecule has 0 aromatic heterocycles. The number of carbonyl (C=O) groups is 3. The summed E-state index contributed by atoms with van der Waals surface area (Å²) in [4.78, 5) is 27.3. The molecule has 0 bridgehead atoms. The van der Waals surface area contributed by atoms with Crippen molar-refractivity contribution < 1.29 is 19.1 Å². The van der Waals surface area contributed by atoms with E-state index in [1.54, 1.807) is 14.2 Å². The molecular weight excluding hydrogens is 322 g/mol. The number of nitrogens with one attached hydrogen (secondary N) is 3. The molecular formula is C18H47N3O4. The van der Waals surface area contributed by atoms with Crippen LogP contribution in [0.15, 0.2) is 0 Å². The number of ether oxygens (including phenoxy) is 1. The van der Waals surface area contributed by atoms with Gasteiger partial charge in [0.15, 0.2) is 0 Å². The van der Waals surface area contributed by atoms with Crippen LogP contribution < -0.4 is 16.0 Å². The van der Waals surface area contributed by atoms with Crippen molar-refractivity contribution in [1.82, 2.24) is 16.0 Å². The average Bonchev–Trinajstić information content (AvgIpc) is 2.59. The molecule has 0 unspecified atom stereocenters. The molecule has 0 saturated carbocycles. The zero-order chi connectivity index (χ0) is 20.6. The third kappa shape index (κ3) is 300. The third-order valence-corrected chi connectivity index (χ3v) is 1.44. The van der Waals surface area contributed by atoms with Gasteiger partial charge in [-0.2, -0.15) is 0 Å². The van der Waals surface area contributed by atoms with E-state index in [0.29, 0.717) is 0 Å². The highest BCUT2D eigenvalue weighted by molar-refractivity contribution is 5.72. The molecule has 158 valence electrons. The Labute approximate surface area is 157 Å². The Kier molecular flexibility index (Phi) is 137. The van der Waals surface area contributed by atoms with E-state index in [1.807, 2.05) is 20.9 Å².